The molecular weight excluding hydrogens is 2110 g/mol. The van der Waals surface area contributed by atoms with E-state index >= 15 is 0 Å². The number of aryl methyl sites for hydroxylation is 4. The summed E-state index contributed by atoms with van der Waals surface area (Å²) in [6, 6.07) is 75.3. The molecule has 0 spiro atoms. The number of H-pyrrole nitrogens is 1. The number of nitrogens with one attached hydrogen (secondary N) is 1. The number of ether oxygens (including phenoxy) is 5. The van der Waals surface area contributed by atoms with E-state index in [0.717, 1.165) is 58.3 Å². The van der Waals surface area contributed by atoms with Gasteiger partial charge in [0.1, 0.15) is 0 Å². The monoisotopic (exact) mass is 2180 g/mol. The zero-order valence-electron chi connectivity index (χ0n) is 67.0. The van der Waals surface area contributed by atoms with Gasteiger partial charge in [0.05, 0.1) is 77.3 Å². The Kier molecular flexibility index (Phi) is 29.7. The van der Waals surface area contributed by atoms with Gasteiger partial charge in [-0.1, -0.05) is 168 Å². The van der Waals surface area contributed by atoms with Crippen LogP contribution in [0.4, 0.5) is 5.69 Å². The summed E-state index contributed by atoms with van der Waals surface area (Å²) >= 11 is 20.7. The summed E-state index contributed by atoms with van der Waals surface area (Å²) < 4.78 is 113. The molecule has 4 heterocycles. The molecule has 0 aliphatic carbocycles. The van der Waals surface area contributed by atoms with Crippen molar-refractivity contribution in [3.8, 4) is 56.4 Å². The van der Waals surface area contributed by atoms with Crippen LogP contribution in [0, 0.1) is 48.3 Å². The number of benzene rings is 13. The number of halogens is 7. The average molecular weight is 2190 g/mol. The maximum absolute atomic E-state index is 13.7. The van der Waals surface area contributed by atoms with E-state index in [2.05, 4.69) is 197 Å². The summed E-state index contributed by atoms with van der Waals surface area (Å²) in [7, 11) is -4.01. The predicted molar refractivity (Wildman–Crippen MR) is 526 cm³/mol. The number of para-hydroxylation sites is 2. The summed E-state index contributed by atoms with van der Waals surface area (Å²) in [4.78, 5) is 26.8. The number of rotatable bonds is 15. The Bertz CT molecular complexity index is 7170. The number of esters is 1. The smallest absolute Gasteiger partial charge is 0.369 e. The molecule has 0 amide bonds. The van der Waals surface area contributed by atoms with Gasteiger partial charge in [0.2, 0.25) is 0 Å². The molecule has 0 aliphatic rings. The number of methoxy groups -OCH3 is 5. The molecule has 0 aliphatic heterocycles. The maximum Gasteiger partial charge on any atom is 0.369 e. The van der Waals surface area contributed by atoms with Crippen LogP contribution >= 0.6 is 117 Å². The Morgan fingerprint density at radius 2 is 0.787 bits per heavy atom. The number of aromatic nitrogens is 4. The van der Waals surface area contributed by atoms with Crippen LogP contribution in [0.15, 0.2) is 288 Å². The fraction of sp³-hybridized carbons (Fsp3) is 0.110. The number of nitrogens with zero attached hydrogens (tertiary/aromatic N) is 4. The lowest BCUT2D eigenvalue weighted by Crippen LogP contribution is -2.12. The Hall–Kier alpha value is -9.54. The van der Waals surface area contributed by atoms with Crippen molar-refractivity contribution in [2.24, 2.45) is 0 Å². The molecule has 4 aromatic heterocycles. The van der Waals surface area contributed by atoms with E-state index in [1.165, 1.54) is 102 Å². The second-order valence-corrected chi connectivity index (χ2v) is 47.2. The number of hydrogen-bond donors (Lipinski definition) is 1. The lowest BCUT2D eigenvalue weighted by Gasteiger charge is -2.15. The zero-order chi connectivity index (χ0) is 87.8. The normalized spacial score (nSPS) is 11.3. The minimum atomic E-state index is -4.02. The number of non-ortho nitro benzene ring substituents is 1. The number of nitro benzene ring substituents is 1. The van der Waals surface area contributed by atoms with Gasteiger partial charge in [0.25, 0.3) is 35.8 Å². The predicted octanol–water partition coefficient (Wildman–Crippen LogP) is 25.5. The van der Waals surface area contributed by atoms with E-state index < -0.39 is 41.0 Å². The van der Waals surface area contributed by atoms with E-state index in [1.807, 2.05) is 106 Å². The number of aromatic amines is 1. The largest absolute Gasteiger partial charge is 0.493 e. The first-order valence-corrected chi connectivity index (χ1v) is 48.1. The van der Waals surface area contributed by atoms with Crippen molar-refractivity contribution < 1.29 is 58.7 Å². The highest BCUT2D eigenvalue weighted by Gasteiger charge is 2.30. The van der Waals surface area contributed by atoms with Crippen molar-refractivity contribution in [1.29, 1.82) is 0 Å². The first-order valence-electron chi connectivity index (χ1n) is 37.2. The van der Waals surface area contributed by atoms with Crippen molar-refractivity contribution in [1.82, 2.24) is 16.9 Å². The molecule has 13 aromatic carbocycles. The Labute approximate surface area is 770 Å². The Morgan fingerprint density at radius 3 is 1.23 bits per heavy atom. The lowest BCUT2D eigenvalue weighted by atomic mass is 9.91. The number of fused-ring (bicyclic) bond motifs is 7. The molecule has 0 saturated heterocycles. The van der Waals surface area contributed by atoms with Crippen molar-refractivity contribution in [3.63, 3.8) is 0 Å². The van der Waals surface area contributed by atoms with E-state index in [4.69, 9.17) is 23.7 Å². The Morgan fingerprint density at radius 1 is 0.410 bits per heavy atom. The molecular formula is C91H76B2Br6IN5O14S3. The molecule has 622 valence electrons. The van der Waals surface area contributed by atoms with Crippen LogP contribution in [0.2, 0.25) is 0 Å². The third-order valence-electron chi connectivity index (χ3n) is 20.3. The number of nitro groups is 1. The van der Waals surface area contributed by atoms with Crippen LogP contribution < -0.4 is 18.9 Å². The van der Waals surface area contributed by atoms with E-state index in [0.29, 0.717) is 67.0 Å². The van der Waals surface area contributed by atoms with Crippen molar-refractivity contribution >= 4 is 241 Å². The second kappa shape index (κ2) is 39.5. The van der Waals surface area contributed by atoms with Gasteiger partial charge in [0.15, 0.2) is 23.0 Å². The highest BCUT2D eigenvalue weighted by Crippen LogP contribution is 2.50. The molecule has 17 rings (SSSR count). The van der Waals surface area contributed by atoms with Gasteiger partial charge in [-0.2, -0.15) is 0 Å². The van der Waals surface area contributed by atoms with Crippen LogP contribution in [0.3, 0.4) is 0 Å². The summed E-state index contributed by atoms with van der Waals surface area (Å²) in [6.07, 6.45) is 6.87. The Balaban J connectivity index is 0.000000147. The van der Waals surface area contributed by atoms with Gasteiger partial charge in [0, 0.05) is 95.4 Å². The summed E-state index contributed by atoms with van der Waals surface area (Å²) in [5, 5.41) is 21.0. The molecule has 0 unspecified atom stereocenters. The third-order valence-corrected chi connectivity index (χ3v) is 26.2. The fourth-order valence-electron chi connectivity index (χ4n) is 14.4. The second-order valence-electron chi connectivity index (χ2n) is 27.7. The van der Waals surface area contributed by atoms with Crippen LogP contribution in [-0.4, -0.2) is 95.0 Å². The molecule has 0 atom stereocenters. The molecule has 0 bridgehead atoms. The summed E-state index contributed by atoms with van der Waals surface area (Å²) in [5.74, 6) is 1.55. The topological polar surface area (TPSA) is 239 Å². The van der Waals surface area contributed by atoms with E-state index in [-0.39, 0.29) is 26.7 Å². The van der Waals surface area contributed by atoms with E-state index in [1.54, 1.807) is 118 Å². The third kappa shape index (κ3) is 19.5. The zero-order valence-corrected chi connectivity index (χ0v) is 81.1. The number of carbonyl (C=O) groups excluding carboxylic acids is 1. The van der Waals surface area contributed by atoms with Gasteiger partial charge in [-0.05, 0) is 191 Å². The lowest BCUT2D eigenvalue weighted by molar-refractivity contribution is -0.384. The molecule has 0 fully saturated rings. The molecule has 122 heavy (non-hydrogen) atoms. The quantitative estimate of drug-likeness (QED) is 0.0330. The summed E-state index contributed by atoms with van der Waals surface area (Å²) in [6.45, 7) is 10.1. The van der Waals surface area contributed by atoms with Gasteiger partial charge in [-0.25, -0.2) is 42.0 Å². The van der Waals surface area contributed by atoms with Crippen LogP contribution in [-0.2, 0) is 34.8 Å². The van der Waals surface area contributed by atoms with Crippen molar-refractivity contribution in [2.75, 3.05) is 35.5 Å². The SMILES string of the molecule is BrB(Br)Br.BrB(Br)Br.COC(=O)c1ccc2c(c1)c(I)cn2S(=O)(=O)c1ccc(C)cc1.COc1cc2ccccc2c(-c2cn(S(=O)(=O)c3ccc(C)cc3)c3ccc([N+](=O)[O-])cc23)c1OC.COc1cc2ccccc2c(-c2cn(S(=O)(=O)c3ccc(C)cc3)c3ccccc23)c1OC.Cc1cc2ccccc2c(-c2c[nH]c3ccccc23)c1C. The van der Waals surface area contributed by atoms with Gasteiger partial charge < -0.3 is 28.7 Å². The standard InChI is InChI=1S/C27H22N2O6S.C27H23NO4S.C20H17N.C17H14INO4S.2BBr3/c1-17-8-11-20(12-9-17)36(32,33)28-16-23(22-15-19(29(30)31)10-13-24(22)28)26-21-7-5-4-6-18(21)14-25(34-2)27(26)35-3;1-18-12-14-20(15-13-18)33(29,30)28-17-23(22-10-6-7-11-24(22)28)26-21-9-5-4-8-19(21)16-25(31-2)27(26)32-3;1-13-11-15-7-3-4-8-16(15)20(14(13)2)18-12-21-19-10-6-5-9-17(18)19;1-11-3-6-13(7-4-11)24(21,22)19-10-15(18)14-9-12(17(20)23-2)5-8-16(14)19;2*2-1(3)4/h4-16H,1-3H3;4-17H,1-3H3;3-12,21H,1-2H3;3-10H,1-2H3;;. The van der Waals surface area contributed by atoms with Gasteiger partial charge in [-0.3, -0.25) is 10.1 Å². The molecule has 19 nitrogen and oxygen atoms in total. The van der Waals surface area contributed by atoms with Gasteiger partial charge >= 0.3 is 12.3 Å². The molecule has 0 radical (unpaired) electrons. The maximum atomic E-state index is 13.7. The van der Waals surface area contributed by atoms with E-state index in [9.17, 15) is 40.2 Å². The van der Waals surface area contributed by atoms with Crippen LogP contribution in [0.25, 0.3) is 109 Å². The highest BCUT2D eigenvalue weighted by atomic mass is 127. The molecule has 17 aromatic rings. The average Bonchev–Trinajstić information content (AvgIpc) is 1.58. The first-order chi connectivity index (χ1) is 58.3. The minimum Gasteiger partial charge on any atom is -0.493 e. The van der Waals surface area contributed by atoms with Crippen molar-refractivity contribution in [3.05, 3.63) is 321 Å². The molecule has 0 saturated carbocycles. The molecule has 1 N–H and O–H groups in total. The highest BCUT2D eigenvalue weighted by molar-refractivity contribution is 14.1. The minimum absolute atomic E-state index is 0.109. The summed E-state index contributed by atoms with van der Waals surface area (Å²) in [5.41, 5.74) is 13.7. The number of carbonyl (C=O) groups is 1. The van der Waals surface area contributed by atoms with Crippen molar-refractivity contribution in [2.45, 2.75) is 49.3 Å². The van der Waals surface area contributed by atoms with Gasteiger partial charge in [-0.15, -0.1) is 94.5 Å². The molecule has 31 heteroatoms. The first kappa shape index (κ1) is 91.7. The van der Waals surface area contributed by atoms with Crippen LogP contribution in [0.1, 0.15) is 38.2 Å². The van der Waals surface area contributed by atoms with Crippen LogP contribution in [0.5, 0.6) is 23.0 Å². The fourth-order valence-corrected chi connectivity index (χ4v) is 19.4. The number of hydrogen-bond acceptors (Lipinski definition) is 14.